The van der Waals surface area contributed by atoms with Gasteiger partial charge in [0.15, 0.2) is 0 Å². The Labute approximate surface area is 176 Å². The van der Waals surface area contributed by atoms with Gasteiger partial charge in [-0.1, -0.05) is 52.3 Å². The van der Waals surface area contributed by atoms with Gasteiger partial charge < -0.3 is 5.32 Å². The third-order valence-electron chi connectivity index (χ3n) is 4.69. The van der Waals surface area contributed by atoms with E-state index < -0.39 is 34.3 Å². The SMILES string of the molecule is O=C1CN(S(=O)(=O)c2cccc(F)c2)C(c2ccccc2)c2cc(Br)ccc2N1. The molecule has 1 N–H and O–H groups in total. The molecule has 148 valence electrons. The van der Waals surface area contributed by atoms with Gasteiger partial charge in [-0.25, -0.2) is 12.8 Å². The maximum atomic E-state index is 13.8. The fourth-order valence-electron chi connectivity index (χ4n) is 3.42. The Bertz CT molecular complexity index is 1190. The minimum absolute atomic E-state index is 0.204. The van der Waals surface area contributed by atoms with Crippen molar-refractivity contribution in [3.8, 4) is 0 Å². The number of nitrogens with zero attached hydrogens (tertiary/aromatic N) is 1. The van der Waals surface area contributed by atoms with E-state index in [1.165, 1.54) is 18.2 Å². The molecule has 0 saturated heterocycles. The number of carbonyl (C=O) groups is 1. The molecule has 1 unspecified atom stereocenters. The van der Waals surface area contributed by atoms with E-state index in [0.29, 0.717) is 16.8 Å². The maximum Gasteiger partial charge on any atom is 0.244 e. The predicted octanol–water partition coefficient (Wildman–Crippen LogP) is 4.32. The highest BCUT2D eigenvalue weighted by atomic mass is 79.9. The van der Waals surface area contributed by atoms with E-state index in [0.717, 1.165) is 14.8 Å². The topological polar surface area (TPSA) is 66.5 Å². The molecular weight excluding hydrogens is 459 g/mol. The highest BCUT2D eigenvalue weighted by Crippen LogP contribution is 2.39. The van der Waals surface area contributed by atoms with Crippen LogP contribution in [0.4, 0.5) is 10.1 Å². The largest absolute Gasteiger partial charge is 0.325 e. The Morgan fingerprint density at radius 3 is 2.48 bits per heavy atom. The number of fused-ring (bicyclic) bond motifs is 1. The maximum absolute atomic E-state index is 13.8. The fourth-order valence-corrected chi connectivity index (χ4v) is 5.38. The molecule has 8 heteroatoms. The lowest BCUT2D eigenvalue weighted by atomic mass is 9.97. The van der Waals surface area contributed by atoms with Crippen molar-refractivity contribution in [2.75, 3.05) is 11.9 Å². The monoisotopic (exact) mass is 474 g/mol. The second-order valence-electron chi connectivity index (χ2n) is 6.60. The van der Waals surface area contributed by atoms with Gasteiger partial charge in [-0.15, -0.1) is 0 Å². The summed E-state index contributed by atoms with van der Waals surface area (Å²) in [5.41, 5.74) is 1.85. The zero-order chi connectivity index (χ0) is 20.6. The lowest BCUT2D eigenvalue weighted by Crippen LogP contribution is -2.39. The van der Waals surface area contributed by atoms with Gasteiger partial charge in [-0.05, 0) is 47.5 Å². The molecule has 3 aromatic carbocycles. The lowest BCUT2D eigenvalue weighted by Gasteiger charge is -2.29. The normalized spacial score (nSPS) is 17.3. The van der Waals surface area contributed by atoms with Gasteiger partial charge in [0.05, 0.1) is 17.5 Å². The molecular formula is C21H16BrFN2O3S. The Morgan fingerprint density at radius 2 is 1.76 bits per heavy atom. The standard InChI is InChI=1S/C21H16BrFN2O3S/c22-15-9-10-19-18(11-15)21(14-5-2-1-3-6-14)25(13-20(26)24-19)29(27,28)17-8-4-7-16(23)12-17/h1-12,21H,13H2,(H,24,26). The molecule has 4 rings (SSSR count). The van der Waals surface area contributed by atoms with Crippen molar-refractivity contribution in [3.63, 3.8) is 0 Å². The smallest absolute Gasteiger partial charge is 0.244 e. The van der Waals surface area contributed by atoms with E-state index in [-0.39, 0.29) is 4.90 Å². The third kappa shape index (κ3) is 3.83. The molecule has 1 aliphatic rings. The summed E-state index contributed by atoms with van der Waals surface area (Å²) in [6.07, 6.45) is 0. The van der Waals surface area contributed by atoms with Crippen molar-refractivity contribution in [2.45, 2.75) is 10.9 Å². The van der Waals surface area contributed by atoms with Gasteiger partial charge >= 0.3 is 0 Å². The molecule has 1 aliphatic heterocycles. The predicted molar refractivity (Wildman–Crippen MR) is 111 cm³/mol. The first kappa shape index (κ1) is 19.8. The van der Waals surface area contributed by atoms with Crippen LogP contribution in [0.3, 0.4) is 0 Å². The van der Waals surface area contributed by atoms with Gasteiger partial charge in [0.1, 0.15) is 5.82 Å². The third-order valence-corrected chi connectivity index (χ3v) is 6.99. The summed E-state index contributed by atoms with van der Waals surface area (Å²) in [7, 11) is -4.18. The molecule has 3 aromatic rings. The van der Waals surface area contributed by atoms with Crippen molar-refractivity contribution in [1.82, 2.24) is 4.31 Å². The zero-order valence-corrected chi connectivity index (χ0v) is 17.5. The first-order valence-corrected chi connectivity index (χ1v) is 11.0. The highest BCUT2D eigenvalue weighted by molar-refractivity contribution is 9.10. The summed E-state index contributed by atoms with van der Waals surface area (Å²) in [5.74, 6) is -1.13. The van der Waals surface area contributed by atoms with Crippen LogP contribution < -0.4 is 5.32 Å². The van der Waals surface area contributed by atoms with Crippen molar-refractivity contribution >= 4 is 37.5 Å². The molecule has 0 aliphatic carbocycles. The number of nitrogens with one attached hydrogen (secondary N) is 1. The van der Waals surface area contributed by atoms with Crippen LogP contribution in [0, 0.1) is 5.82 Å². The van der Waals surface area contributed by atoms with Crippen LogP contribution in [0.5, 0.6) is 0 Å². The second kappa shape index (κ2) is 7.70. The van der Waals surface area contributed by atoms with Crippen LogP contribution in [-0.4, -0.2) is 25.2 Å². The number of carbonyl (C=O) groups excluding carboxylic acids is 1. The van der Waals surface area contributed by atoms with Crippen molar-refractivity contribution in [2.24, 2.45) is 0 Å². The quantitative estimate of drug-likeness (QED) is 0.614. The number of rotatable bonds is 3. The van der Waals surface area contributed by atoms with E-state index in [1.54, 1.807) is 42.5 Å². The van der Waals surface area contributed by atoms with Crippen molar-refractivity contribution in [1.29, 1.82) is 0 Å². The average Bonchev–Trinajstić information content (AvgIpc) is 2.84. The molecule has 0 bridgehead atoms. The van der Waals surface area contributed by atoms with Crippen molar-refractivity contribution in [3.05, 3.63) is 94.2 Å². The van der Waals surface area contributed by atoms with Crippen LogP contribution in [0.2, 0.25) is 0 Å². The van der Waals surface area contributed by atoms with Gasteiger partial charge in [-0.2, -0.15) is 4.31 Å². The van der Waals surface area contributed by atoms with E-state index in [4.69, 9.17) is 0 Å². The molecule has 1 atom stereocenters. The summed E-state index contributed by atoms with van der Waals surface area (Å²) in [4.78, 5) is 12.4. The lowest BCUT2D eigenvalue weighted by molar-refractivity contribution is -0.116. The van der Waals surface area contributed by atoms with Crippen molar-refractivity contribution < 1.29 is 17.6 Å². The number of halogens is 2. The van der Waals surface area contributed by atoms with Gasteiger partial charge in [0, 0.05) is 10.2 Å². The zero-order valence-electron chi connectivity index (χ0n) is 15.0. The molecule has 0 spiro atoms. The number of anilines is 1. The minimum Gasteiger partial charge on any atom is -0.325 e. The molecule has 1 heterocycles. The van der Waals surface area contributed by atoms with Gasteiger partial charge in [0.25, 0.3) is 0 Å². The molecule has 0 radical (unpaired) electrons. The summed E-state index contributed by atoms with van der Waals surface area (Å²) >= 11 is 3.43. The Hall–Kier alpha value is -2.55. The van der Waals surface area contributed by atoms with E-state index in [2.05, 4.69) is 21.2 Å². The summed E-state index contributed by atoms with van der Waals surface area (Å²) in [6, 6.07) is 18.4. The Kier molecular flexibility index (Phi) is 5.24. The van der Waals surface area contributed by atoms with Gasteiger partial charge in [0.2, 0.25) is 15.9 Å². The first-order valence-electron chi connectivity index (χ1n) is 8.78. The van der Waals surface area contributed by atoms with E-state index in [9.17, 15) is 17.6 Å². The van der Waals surface area contributed by atoms with Crippen LogP contribution in [-0.2, 0) is 14.8 Å². The molecule has 1 amide bonds. The highest BCUT2D eigenvalue weighted by Gasteiger charge is 2.38. The summed E-state index contributed by atoms with van der Waals surface area (Å²) in [5, 5.41) is 2.77. The molecule has 0 aromatic heterocycles. The number of amides is 1. The number of benzene rings is 3. The summed E-state index contributed by atoms with van der Waals surface area (Å²) < 4.78 is 42.6. The molecule has 0 saturated carbocycles. The Balaban J connectivity index is 1.96. The van der Waals surface area contributed by atoms with Crippen LogP contribution in [0.15, 0.2) is 82.2 Å². The average molecular weight is 475 g/mol. The molecule has 0 fully saturated rings. The Morgan fingerprint density at radius 1 is 1.00 bits per heavy atom. The second-order valence-corrected chi connectivity index (χ2v) is 9.41. The number of hydrogen-bond acceptors (Lipinski definition) is 3. The van der Waals surface area contributed by atoms with Gasteiger partial charge in [-0.3, -0.25) is 4.79 Å². The fraction of sp³-hybridized carbons (Fsp3) is 0.0952. The molecule has 29 heavy (non-hydrogen) atoms. The van der Waals surface area contributed by atoms with E-state index in [1.807, 2.05) is 6.07 Å². The van der Waals surface area contributed by atoms with Crippen LogP contribution in [0.1, 0.15) is 17.2 Å². The first-order chi connectivity index (χ1) is 13.9. The molecule has 5 nitrogen and oxygen atoms in total. The minimum atomic E-state index is -4.18. The van der Waals surface area contributed by atoms with Crippen LogP contribution in [0.25, 0.3) is 0 Å². The van der Waals surface area contributed by atoms with E-state index >= 15 is 0 Å². The number of sulfonamides is 1. The van der Waals surface area contributed by atoms with Crippen LogP contribution >= 0.6 is 15.9 Å². The number of hydrogen-bond donors (Lipinski definition) is 1. The summed E-state index contributed by atoms with van der Waals surface area (Å²) in [6.45, 7) is -0.398.